The molecule has 1 aliphatic rings. The van der Waals surface area contributed by atoms with Gasteiger partial charge in [-0.2, -0.15) is 0 Å². The Morgan fingerprint density at radius 1 is 1.50 bits per heavy atom. The second-order valence-corrected chi connectivity index (χ2v) is 5.17. The molecule has 0 saturated carbocycles. The Hall–Kier alpha value is -0.640. The van der Waals surface area contributed by atoms with Gasteiger partial charge in [-0.3, -0.25) is 0 Å². The fraction of sp³-hybridized carbons (Fsp3) is 0.571. The van der Waals surface area contributed by atoms with Crippen molar-refractivity contribution in [3.05, 3.63) is 34.6 Å². The topological polar surface area (TPSA) is 21.3 Å². The van der Waals surface area contributed by atoms with Crippen molar-refractivity contribution in [3.8, 4) is 0 Å². The monoisotopic (exact) mass is 271 g/mol. The number of hydrogen-bond donors (Lipinski definition) is 1. The molecule has 1 aromatic rings. The smallest absolute Gasteiger partial charge is 0.129 e. The van der Waals surface area contributed by atoms with Crippen molar-refractivity contribution >= 4 is 11.6 Å². The molecule has 0 radical (unpaired) electrons. The van der Waals surface area contributed by atoms with E-state index in [1.165, 1.54) is 6.07 Å². The van der Waals surface area contributed by atoms with Gasteiger partial charge in [-0.05, 0) is 30.9 Å². The lowest BCUT2D eigenvalue weighted by Crippen LogP contribution is -2.28. The number of nitrogens with one attached hydrogen (secondary N) is 1. The lowest BCUT2D eigenvalue weighted by atomic mass is 9.99. The fourth-order valence-electron chi connectivity index (χ4n) is 2.43. The van der Waals surface area contributed by atoms with Crippen molar-refractivity contribution < 1.29 is 9.13 Å². The maximum atomic E-state index is 13.5. The molecule has 2 nitrogen and oxygen atoms in total. The molecule has 2 unspecified atom stereocenters. The van der Waals surface area contributed by atoms with Crippen LogP contribution in [0.2, 0.25) is 5.02 Å². The molecule has 18 heavy (non-hydrogen) atoms. The molecule has 0 aromatic heterocycles. The summed E-state index contributed by atoms with van der Waals surface area (Å²) in [6.07, 6.45) is 2.49. The van der Waals surface area contributed by atoms with Crippen LogP contribution in [0.3, 0.4) is 0 Å². The summed E-state index contributed by atoms with van der Waals surface area (Å²) in [4.78, 5) is 0. The zero-order valence-electron chi connectivity index (χ0n) is 10.6. The molecule has 0 amide bonds. The molecule has 0 bridgehead atoms. The van der Waals surface area contributed by atoms with Gasteiger partial charge in [0.25, 0.3) is 0 Å². The molecule has 1 aliphatic heterocycles. The molecule has 2 rings (SSSR count). The third kappa shape index (κ3) is 3.44. The Balaban J connectivity index is 1.81. The van der Waals surface area contributed by atoms with E-state index in [1.54, 1.807) is 12.1 Å². The van der Waals surface area contributed by atoms with Crippen LogP contribution < -0.4 is 5.32 Å². The minimum Gasteiger partial charge on any atom is -0.378 e. The molecule has 1 heterocycles. The molecule has 2 atom stereocenters. The van der Waals surface area contributed by atoms with Crippen LogP contribution in [-0.4, -0.2) is 19.3 Å². The average Bonchev–Trinajstić information content (AvgIpc) is 2.79. The molecule has 1 N–H and O–H groups in total. The van der Waals surface area contributed by atoms with Crippen LogP contribution in [0.15, 0.2) is 18.2 Å². The van der Waals surface area contributed by atoms with Crippen molar-refractivity contribution in [2.75, 3.05) is 13.2 Å². The van der Waals surface area contributed by atoms with Gasteiger partial charge in [-0.25, -0.2) is 4.39 Å². The van der Waals surface area contributed by atoms with Crippen LogP contribution in [0.25, 0.3) is 0 Å². The zero-order chi connectivity index (χ0) is 13.0. The van der Waals surface area contributed by atoms with Crippen LogP contribution in [0, 0.1) is 11.7 Å². The summed E-state index contributed by atoms with van der Waals surface area (Å²) >= 11 is 5.72. The van der Waals surface area contributed by atoms with Crippen LogP contribution in [-0.2, 0) is 11.3 Å². The summed E-state index contributed by atoms with van der Waals surface area (Å²) in [7, 11) is 0. The molecule has 1 fully saturated rings. The quantitative estimate of drug-likeness (QED) is 0.886. The van der Waals surface area contributed by atoms with Crippen LogP contribution in [0.5, 0.6) is 0 Å². The molecule has 4 heteroatoms. The maximum absolute atomic E-state index is 13.5. The van der Waals surface area contributed by atoms with E-state index in [9.17, 15) is 4.39 Å². The highest BCUT2D eigenvalue weighted by atomic mass is 35.5. The van der Waals surface area contributed by atoms with Crippen LogP contribution in [0.1, 0.15) is 25.3 Å². The minimum atomic E-state index is -0.246. The maximum Gasteiger partial charge on any atom is 0.129 e. The predicted molar refractivity (Wildman–Crippen MR) is 71.3 cm³/mol. The van der Waals surface area contributed by atoms with Crippen molar-refractivity contribution in [2.45, 2.75) is 32.4 Å². The van der Waals surface area contributed by atoms with Gasteiger partial charge in [0.15, 0.2) is 0 Å². The standard InChI is InChI=1S/C14H19ClFNO/c1-2-14-11(5-6-18-14)9-17-8-10-3-4-12(15)7-13(10)16/h3-4,7,11,14,17H,2,5-6,8-9H2,1H3. The normalized spacial score (nSPS) is 23.5. The average molecular weight is 272 g/mol. The summed E-state index contributed by atoms with van der Waals surface area (Å²) in [5.41, 5.74) is 0.659. The van der Waals surface area contributed by atoms with E-state index in [2.05, 4.69) is 12.2 Å². The fourth-order valence-corrected chi connectivity index (χ4v) is 2.59. The van der Waals surface area contributed by atoms with E-state index in [1.807, 2.05) is 0 Å². The second kappa shape index (κ2) is 6.50. The Morgan fingerprint density at radius 2 is 2.33 bits per heavy atom. The molecular formula is C14H19ClFNO. The molecule has 0 spiro atoms. The van der Waals surface area contributed by atoms with Gasteiger partial charge in [-0.15, -0.1) is 0 Å². The van der Waals surface area contributed by atoms with Gasteiger partial charge >= 0.3 is 0 Å². The third-order valence-corrected chi connectivity index (χ3v) is 3.72. The number of ether oxygens (including phenoxy) is 1. The van der Waals surface area contributed by atoms with E-state index in [0.29, 0.717) is 29.2 Å². The van der Waals surface area contributed by atoms with E-state index in [0.717, 1.165) is 26.0 Å². The van der Waals surface area contributed by atoms with Gasteiger partial charge in [-0.1, -0.05) is 24.6 Å². The highest BCUT2D eigenvalue weighted by molar-refractivity contribution is 6.30. The minimum absolute atomic E-state index is 0.246. The Morgan fingerprint density at radius 3 is 3.06 bits per heavy atom. The zero-order valence-corrected chi connectivity index (χ0v) is 11.3. The molecule has 1 saturated heterocycles. The first-order valence-corrected chi connectivity index (χ1v) is 6.84. The number of hydrogen-bond acceptors (Lipinski definition) is 2. The van der Waals surface area contributed by atoms with Crippen molar-refractivity contribution in [1.29, 1.82) is 0 Å². The van der Waals surface area contributed by atoms with E-state index in [-0.39, 0.29) is 5.82 Å². The highest BCUT2D eigenvalue weighted by Gasteiger charge is 2.25. The van der Waals surface area contributed by atoms with Crippen molar-refractivity contribution in [3.63, 3.8) is 0 Å². The first-order chi connectivity index (χ1) is 8.70. The van der Waals surface area contributed by atoms with E-state index >= 15 is 0 Å². The summed E-state index contributed by atoms with van der Waals surface area (Å²) < 4.78 is 19.2. The van der Waals surface area contributed by atoms with Crippen LogP contribution >= 0.6 is 11.6 Å². The Kier molecular flexibility index (Phi) is 4.98. The summed E-state index contributed by atoms with van der Waals surface area (Å²) in [5.74, 6) is 0.301. The SMILES string of the molecule is CCC1OCCC1CNCc1ccc(Cl)cc1F. The van der Waals surface area contributed by atoms with Crippen molar-refractivity contribution in [2.24, 2.45) is 5.92 Å². The van der Waals surface area contributed by atoms with Gasteiger partial charge < -0.3 is 10.1 Å². The van der Waals surface area contributed by atoms with Crippen molar-refractivity contribution in [1.82, 2.24) is 5.32 Å². The van der Waals surface area contributed by atoms with Gasteiger partial charge in [0.1, 0.15) is 5.82 Å². The lowest BCUT2D eigenvalue weighted by molar-refractivity contribution is 0.0872. The van der Waals surface area contributed by atoms with Gasteiger partial charge in [0.2, 0.25) is 0 Å². The molecule has 1 aromatic carbocycles. The highest BCUT2D eigenvalue weighted by Crippen LogP contribution is 2.22. The molecule has 0 aliphatic carbocycles. The number of benzene rings is 1. The van der Waals surface area contributed by atoms with Gasteiger partial charge in [0, 0.05) is 30.3 Å². The van der Waals surface area contributed by atoms with E-state index in [4.69, 9.17) is 16.3 Å². The second-order valence-electron chi connectivity index (χ2n) is 4.73. The first kappa shape index (κ1) is 13.8. The van der Waals surface area contributed by atoms with Gasteiger partial charge in [0.05, 0.1) is 6.10 Å². The largest absolute Gasteiger partial charge is 0.378 e. The summed E-state index contributed by atoms with van der Waals surface area (Å²) in [6, 6.07) is 4.80. The summed E-state index contributed by atoms with van der Waals surface area (Å²) in [5, 5.41) is 3.74. The first-order valence-electron chi connectivity index (χ1n) is 6.47. The number of halogens is 2. The molecular weight excluding hydrogens is 253 g/mol. The Labute approximate surface area is 112 Å². The van der Waals surface area contributed by atoms with Crippen LogP contribution in [0.4, 0.5) is 4.39 Å². The number of rotatable bonds is 5. The summed E-state index contributed by atoms with van der Waals surface area (Å²) in [6.45, 7) is 4.40. The Bertz CT molecular complexity index is 399. The molecule has 100 valence electrons. The third-order valence-electron chi connectivity index (χ3n) is 3.49. The predicted octanol–water partition coefficient (Wildman–Crippen LogP) is 3.38. The van der Waals surface area contributed by atoms with E-state index < -0.39 is 0 Å². The lowest BCUT2D eigenvalue weighted by Gasteiger charge is -2.17.